The molecule has 0 spiro atoms. The third-order valence-electron chi connectivity index (χ3n) is 6.13. The van der Waals surface area contributed by atoms with Crippen LogP contribution in [0.3, 0.4) is 0 Å². The number of nitrogens with one attached hydrogen (secondary N) is 1. The van der Waals surface area contributed by atoms with Crippen molar-refractivity contribution < 1.29 is 9.53 Å². The van der Waals surface area contributed by atoms with Crippen LogP contribution in [-0.4, -0.2) is 58.4 Å². The average Bonchev–Trinajstić information content (AvgIpc) is 3.23. The van der Waals surface area contributed by atoms with Crippen LogP contribution in [-0.2, 0) is 17.9 Å². The Hall–Kier alpha value is -4.34. The number of amides is 1. The lowest BCUT2D eigenvalue weighted by molar-refractivity contribution is -0.122. The summed E-state index contributed by atoms with van der Waals surface area (Å²) in [5.41, 5.74) is 2.21. The van der Waals surface area contributed by atoms with Gasteiger partial charge in [-0.25, -0.2) is 18.9 Å². The molecule has 1 aliphatic heterocycles. The third-order valence-corrected chi connectivity index (χ3v) is 6.13. The summed E-state index contributed by atoms with van der Waals surface area (Å²) in [6.45, 7) is 3.37. The normalized spacial score (nSPS) is 13.7. The molecular formula is C25H27N7O3. The lowest BCUT2D eigenvalue weighted by Crippen LogP contribution is -2.47. The summed E-state index contributed by atoms with van der Waals surface area (Å²) in [6.07, 6.45) is 3.18. The van der Waals surface area contributed by atoms with Gasteiger partial charge in [0, 0.05) is 50.8 Å². The van der Waals surface area contributed by atoms with Gasteiger partial charge in [0.15, 0.2) is 5.82 Å². The summed E-state index contributed by atoms with van der Waals surface area (Å²) < 4.78 is 7.78. The molecule has 10 nitrogen and oxygen atoms in total. The minimum Gasteiger partial charge on any atom is -0.497 e. The third kappa shape index (κ3) is 4.81. The van der Waals surface area contributed by atoms with Gasteiger partial charge in [-0.05, 0) is 29.8 Å². The number of rotatable bonds is 7. The van der Waals surface area contributed by atoms with E-state index in [4.69, 9.17) is 4.74 Å². The van der Waals surface area contributed by atoms with Crippen LogP contribution in [0.5, 0.6) is 5.75 Å². The van der Waals surface area contributed by atoms with Crippen molar-refractivity contribution in [2.24, 2.45) is 0 Å². The van der Waals surface area contributed by atoms with E-state index >= 15 is 0 Å². The molecule has 4 aromatic rings. The van der Waals surface area contributed by atoms with Gasteiger partial charge < -0.3 is 19.9 Å². The number of aromatic nitrogens is 4. The van der Waals surface area contributed by atoms with Crippen molar-refractivity contribution in [3.05, 3.63) is 83.0 Å². The molecule has 1 fully saturated rings. The van der Waals surface area contributed by atoms with Crippen molar-refractivity contribution >= 4 is 23.1 Å². The maximum Gasteiger partial charge on any atom is 0.350 e. The standard InChI is InChI=1S/C25H27N7O3/c1-35-21-9-7-19(8-10-21)17-27-22(33)18-32-25(34)31-12-11-26-23(24(31)28-32)30-15-13-29(14-16-30)20-5-3-2-4-6-20/h2-12H,13-18H2,1H3,(H,27,33). The van der Waals surface area contributed by atoms with Crippen LogP contribution in [0.4, 0.5) is 11.5 Å². The van der Waals surface area contributed by atoms with Gasteiger partial charge in [-0.2, -0.15) is 0 Å². The molecule has 1 saturated heterocycles. The SMILES string of the molecule is COc1ccc(CNC(=O)Cn2nc3c(N4CCN(c5ccccc5)CC4)nccn3c2=O)cc1. The zero-order valence-corrected chi connectivity index (χ0v) is 19.5. The number of hydrogen-bond acceptors (Lipinski definition) is 7. The van der Waals surface area contributed by atoms with Crippen LogP contribution in [0.1, 0.15) is 5.56 Å². The number of piperazine rings is 1. The van der Waals surface area contributed by atoms with E-state index in [0.717, 1.165) is 37.5 Å². The molecule has 1 aliphatic rings. The fraction of sp³-hybridized carbons (Fsp3) is 0.280. The Morgan fingerprint density at radius 3 is 2.43 bits per heavy atom. The number of carbonyl (C=O) groups excluding carboxylic acids is 1. The molecule has 1 N–H and O–H groups in total. The van der Waals surface area contributed by atoms with E-state index in [-0.39, 0.29) is 18.1 Å². The largest absolute Gasteiger partial charge is 0.497 e. The number of hydrogen-bond donors (Lipinski definition) is 1. The van der Waals surface area contributed by atoms with Crippen LogP contribution in [0, 0.1) is 0 Å². The quantitative estimate of drug-likeness (QED) is 0.435. The second kappa shape index (κ2) is 9.88. The molecule has 0 saturated carbocycles. The van der Waals surface area contributed by atoms with Crippen molar-refractivity contribution in [2.75, 3.05) is 43.1 Å². The van der Waals surface area contributed by atoms with Gasteiger partial charge in [0.05, 0.1) is 7.11 Å². The molecule has 2 aromatic heterocycles. The highest BCUT2D eigenvalue weighted by molar-refractivity contribution is 5.75. The van der Waals surface area contributed by atoms with Crippen LogP contribution in [0.15, 0.2) is 71.8 Å². The molecule has 180 valence electrons. The van der Waals surface area contributed by atoms with Crippen molar-refractivity contribution in [1.29, 1.82) is 0 Å². The van der Waals surface area contributed by atoms with Gasteiger partial charge in [-0.1, -0.05) is 30.3 Å². The second-order valence-corrected chi connectivity index (χ2v) is 8.32. The Morgan fingerprint density at radius 1 is 1.00 bits per heavy atom. The lowest BCUT2D eigenvalue weighted by Gasteiger charge is -2.36. The Kier molecular flexibility index (Phi) is 6.34. The lowest BCUT2D eigenvalue weighted by atomic mass is 10.2. The van der Waals surface area contributed by atoms with E-state index in [0.29, 0.717) is 18.0 Å². The highest BCUT2D eigenvalue weighted by Crippen LogP contribution is 2.21. The predicted molar refractivity (Wildman–Crippen MR) is 133 cm³/mol. The number of ether oxygens (including phenoxy) is 1. The molecule has 0 aliphatic carbocycles. The van der Waals surface area contributed by atoms with Crippen molar-refractivity contribution in [3.8, 4) is 5.75 Å². The predicted octanol–water partition coefficient (Wildman–Crippen LogP) is 1.54. The smallest absolute Gasteiger partial charge is 0.350 e. The second-order valence-electron chi connectivity index (χ2n) is 8.32. The van der Waals surface area contributed by atoms with E-state index in [1.807, 2.05) is 42.5 Å². The molecule has 0 bridgehead atoms. The first-order valence-corrected chi connectivity index (χ1v) is 11.5. The minimum atomic E-state index is -0.369. The number of fused-ring (bicyclic) bond motifs is 1. The van der Waals surface area contributed by atoms with E-state index in [1.165, 1.54) is 14.8 Å². The van der Waals surface area contributed by atoms with Gasteiger partial charge in [0.1, 0.15) is 12.3 Å². The highest BCUT2D eigenvalue weighted by Gasteiger charge is 2.22. The highest BCUT2D eigenvalue weighted by atomic mass is 16.5. The molecule has 0 radical (unpaired) electrons. The summed E-state index contributed by atoms with van der Waals surface area (Å²) in [5.74, 6) is 1.11. The molecule has 5 rings (SSSR count). The summed E-state index contributed by atoms with van der Waals surface area (Å²) in [4.78, 5) is 34.4. The maximum atomic E-state index is 12.9. The number of carbonyl (C=O) groups is 1. The maximum absolute atomic E-state index is 12.9. The summed E-state index contributed by atoms with van der Waals surface area (Å²) in [7, 11) is 1.61. The number of nitrogens with zero attached hydrogens (tertiary/aromatic N) is 6. The average molecular weight is 474 g/mol. The first-order valence-electron chi connectivity index (χ1n) is 11.5. The Bertz CT molecular complexity index is 1360. The number of anilines is 2. The monoisotopic (exact) mass is 473 g/mol. The molecule has 0 unspecified atom stereocenters. The molecule has 1 amide bonds. The molecule has 0 atom stereocenters. The van der Waals surface area contributed by atoms with Gasteiger partial charge in [0.2, 0.25) is 11.6 Å². The fourth-order valence-corrected chi connectivity index (χ4v) is 4.21. The minimum absolute atomic E-state index is 0.169. The first kappa shape index (κ1) is 22.5. The van der Waals surface area contributed by atoms with Crippen LogP contribution < -0.4 is 25.5 Å². The Balaban J connectivity index is 1.27. The van der Waals surface area contributed by atoms with Gasteiger partial charge >= 0.3 is 5.69 Å². The Labute approximate surface area is 202 Å². The zero-order valence-electron chi connectivity index (χ0n) is 19.5. The Morgan fingerprint density at radius 2 is 1.71 bits per heavy atom. The number of para-hydroxylation sites is 1. The molecule has 10 heteroatoms. The van der Waals surface area contributed by atoms with Crippen LogP contribution in [0.2, 0.25) is 0 Å². The van der Waals surface area contributed by atoms with E-state index in [2.05, 4.69) is 37.3 Å². The van der Waals surface area contributed by atoms with Gasteiger partial charge in [-0.3, -0.25) is 4.79 Å². The van der Waals surface area contributed by atoms with Crippen LogP contribution >= 0.6 is 0 Å². The van der Waals surface area contributed by atoms with E-state index in [9.17, 15) is 9.59 Å². The fourth-order valence-electron chi connectivity index (χ4n) is 4.21. The van der Waals surface area contributed by atoms with E-state index in [1.54, 1.807) is 19.5 Å². The zero-order chi connectivity index (χ0) is 24.2. The molecule has 3 heterocycles. The van der Waals surface area contributed by atoms with Gasteiger partial charge in [0.25, 0.3) is 0 Å². The molecule has 35 heavy (non-hydrogen) atoms. The first-order chi connectivity index (χ1) is 17.1. The van der Waals surface area contributed by atoms with Gasteiger partial charge in [-0.15, -0.1) is 5.10 Å². The van der Waals surface area contributed by atoms with Crippen molar-refractivity contribution in [2.45, 2.75) is 13.1 Å². The molecule has 2 aromatic carbocycles. The van der Waals surface area contributed by atoms with Crippen LogP contribution in [0.25, 0.3) is 5.65 Å². The number of benzene rings is 2. The topological polar surface area (TPSA) is 97.0 Å². The summed E-state index contributed by atoms with van der Waals surface area (Å²) >= 11 is 0. The van der Waals surface area contributed by atoms with Crippen molar-refractivity contribution in [1.82, 2.24) is 24.5 Å². The van der Waals surface area contributed by atoms with E-state index < -0.39 is 0 Å². The summed E-state index contributed by atoms with van der Waals surface area (Å²) in [6, 6.07) is 17.7. The molecular weight excluding hydrogens is 446 g/mol. The van der Waals surface area contributed by atoms with Crippen molar-refractivity contribution in [3.63, 3.8) is 0 Å². The number of methoxy groups -OCH3 is 1. The summed E-state index contributed by atoms with van der Waals surface area (Å²) in [5, 5.41) is 7.29.